The summed E-state index contributed by atoms with van der Waals surface area (Å²) in [5, 5.41) is 12.3. The average Bonchev–Trinajstić information content (AvgIpc) is 3.05. The number of imidazole rings is 1. The summed E-state index contributed by atoms with van der Waals surface area (Å²) in [5.41, 5.74) is 1.96. The predicted octanol–water partition coefficient (Wildman–Crippen LogP) is -1.28. The van der Waals surface area contributed by atoms with Crippen LogP contribution >= 0.6 is 0 Å². The third-order valence-electron chi connectivity index (χ3n) is 3.55. The fourth-order valence-corrected chi connectivity index (χ4v) is 3.66. The van der Waals surface area contributed by atoms with E-state index < -0.39 is 10.8 Å². The maximum Gasteiger partial charge on any atom is 1.00 e. The first-order chi connectivity index (χ1) is 11.6. The molecule has 0 fully saturated rings. The van der Waals surface area contributed by atoms with Crippen LogP contribution in [-0.2, 0) is 16.6 Å². The standard InChI is InChI=1S/C17H18N4O2S.Na/c1-20(2)14-7-4-3-6-13(14)12-24(23)17-19-10-11-21(17)16-15(22)8-5-9-18-16;/h3-11,22H,12H2,1-2H3;/q;+1/p-1. The molecule has 2 aromatic heterocycles. The predicted molar refractivity (Wildman–Crippen MR) is 91.7 cm³/mol. The van der Waals surface area contributed by atoms with Gasteiger partial charge in [-0.1, -0.05) is 30.0 Å². The van der Waals surface area contributed by atoms with Gasteiger partial charge in [-0.15, -0.1) is 0 Å². The number of para-hydroxylation sites is 1. The molecule has 0 saturated heterocycles. The smallest absolute Gasteiger partial charge is 0.870 e. The van der Waals surface area contributed by atoms with Crippen molar-refractivity contribution in [2.24, 2.45) is 0 Å². The Kier molecular flexibility index (Phi) is 6.78. The molecule has 0 bridgehead atoms. The molecule has 3 rings (SSSR count). The van der Waals surface area contributed by atoms with Crippen LogP contribution in [0.1, 0.15) is 5.56 Å². The molecule has 1 unspecified atom stereocenters. The molecule has 25 heavy (non-hydrogen) atoms. The average molecular weight is 364 g/mol. The van der Waals surface area contributed by atoms with E-state index in [0.717, 1.165) is 11.3 Å². The number of pyridine rings is 1. The van der Waals surface area contributed by atoms with E-state index in [4.69, 9.17) is 0 Å². The molecule has 124 valence electrons. The summed E-state index contributed by atoms with van der Waals surface area (Å²) in [7, 11) is 2.49. The largest absolute Gasteiger partial charge is 1.00 e. The molecule has 6 nitrogen and oxygen atoms in total. The van der Waals surface area contributed by atoms with Gasteiger partial charge in [0.2, 0.25) is 5.16 Å². The second kappa shape index (κ2) is 8.62. The minimum absolute atomic E-state index is 0. The Hall–Kier alpha value is -1.67. The van der Waals surface area contributed by atoms with Gasteiger partial charge >= 0.3 is 29.6 Å². The van der Waals surface area contributed by atoms with Crippen LogP contribution in [0.3, 0.4) is 0 Å². The second-order valence-electron chi connectivity index (χ2n) is 5.42. The molecule has 8 heteroatoms. The van der Waals surface area contributed by atoms with Crippen LogP contribution < -0.4 is 39.6 Å². The van der Waals surface area contributed by atoms with Crippen molar-refractivity contribution >= 4 is 16.5 Å². The molecule has 2 heterocycles. The molecule has 0 aliphatic heterocycles. The van der Waals surface area contributed by atoms with Gasteiger partial charge in [0.25, 0.3) is 0 Å². The Labute approximate surface area is 171 Å². The van der Waals surface area contributed by atoms with Crippen molar-refractivity contribution in [3.05, 3.63) is 60.6 Å². The zero-order chi connectivity index (χ0) is 17.1. The number of rotatable bonds is 5. The van der Waals surface area contributed by atoms with Crippen molar-refractivity contribution < 1.29 is 38.9 Å². The Bertz CT molecular complexity index is 882. The van der Waals surface area contributed by atoms with E-state index in [2.05, 4.69) is 9.97 Å². The minimum atomic E-state index is -1.40. The maximum atomic E-state index is 12.8. The van der Waals surface area contributed by atoms with Gasteiger partial charge in [-0.3, -0.25) is 8.78 Å². The summed E-state index contributed by atoms with van der Waals surface area (Å²) in [4.78, 5) is 10.2. The van der Waals surface area contributed by atoms with Crippen molar-refractivity contribution in [1.29, 1.82) is 0 Å². The van der Waals surface area contributed by atoms with Gasteiger partial charge in [-0.2, -0.15) is 0 Å². The first kappa shape index (κ1) is 19.7. The molecule has 1 aromatic carbocycles. The maximum absolute atomic E-state index is 12.8. The van der Waals surface area contributed by atoms with Gasteiger partial charge in [0.05, 0.1) is 16.6 Å². The van der Waals surface area contributed by atoms with Crippen LogP contribution in [0, 0.1) is 0 Å². The third kappa shape index (κ3) is 4.30. The Morgan fingerprint density at radius 2 is 1.88 bits per heavy atom. The molecule has 0 aliphatic carbocycles. The molecule has 0 saturated carbocycles. The summed E-state index contributed by atoms with van der Waals surface area (Å²) in [6, 6.07) is 10.8. The summed E-state index contributed by atoms with van der Waals surface area (Å²) in [6.07, 6.45) is 4.67. The number of benzene rings is 1. The zero-order valence-electron chi connectivity index (χ0n) is 14.4. The van der Waals surface area contributed by atoms with Crippen LogP contribution in [0.2, 0.25) is 0 Å². The fraction of sp³-hybridized carbons (Fsp3) is 0.176. The summed E-state index contributed by atoms with van der Waals surface area (Å²) >= 11 is 0. The molecule has 1 atom stereocenters. The summed E-state index contributed by atoms with van der Waals surface area (Å²) in [6.45, 7) is 0. The van der Waals surface area contributed by atoms with E-state index in [9.17, 15) is 9.32 Å². The normalized spacial score (nSPS) is 11.6. The molecule has 0 spiro atoms. The molecular formula is C17H17N4NaO2S. The molecule has 0 amide bonds. The number of aromatic nitrogens is 3. The van der Waals surface area contributed by atoms with Crippen LogP contribution in [0.4, 0.5) is 5.69 Å². The Balaban J connectivity index is 0.00000225. The van der Waals surface area contributed by atoms with Crippen molar-refractivity contribution in [3.8, 4) is 11.6 Å². The first-order valence-electron chi connectivity index (χ1n) is 7.37. The van der Waals surface area contributed by atoms with Crippen LogP contribution in [0.15, 0.2) is 60.1 Å². The molecule has 0 radical (unpaired) electrons. The van der Waals surface area contributed by atoms with Crippen LogP contribution in [0.5, 0.6) is 5.75 Å². The van der Waals surface area contributed by atoms with E-state index in [1.54, 1.807) is 12.3 Å². The summed E-state index contributed by atoms with van der Waals surface area (Å²) < 4.78 is 14.3. The second-order valence-corrected chi connectivity index (χ2v) is 6.76. The van der Waals surface area contributed by atoms with Gasteiger partial charge in [0.15, 0.2) is 0 Å². The van der Waals surface area contributed by atoms with Crippen LogP contribution in [-0.4, -0.2) is 32.8 Å². The number of hydrogen-bond acceptors (Lipinski definition) is 5. The van der Waals surface area contributed by atoms with Crippen molar-refractivity contribution in [1.82, 2.24) is 14.5 Å². The third-order valence-corrected chi connectivity index (χ3v) is 4.83. The number of nitrogens with zero attached hydrogens (tertiary/aromatic N) is 4. The molecule has 3 aromatic rings. The Morgan fingerprint density at radius 1 is 1.12 bits per heavy atom. The topological polar surface area (TPSA) is 74.1 Å². The summed E-state index contributed by atoms with van der Waals surface area (Å²) in [5.74, 6) is 0.286. The van der Waals surface area contributed by atoms with Gasteiger partial charge in [0, 0.05) is 38.4 Å². The fourth-order valence-electron chi connectivity index (χ4n) is 2.46. The quantitative estimate of drug-likeness (QED) is 0.527. The van der Waals surface area contributed by atoms with Gasteiger partial charge in [-0.25, -0.2) is 9.97 Å². The van der Waals surface area contributed by atoms with E-state index >= 15 is 0 Å². The van der Waals surface area contributed by atoms with Crippen LogP contribution in [0.25, 0.3) is 5.82 Å². The van der Waals surface area contributed by atoms with E-state index in [-0.39, 0.29) is 41.1 Å². The number of anilines is 1. The first-order valence-corrected chi connectivity index (χ1v) is 8.69. The molecule has 0 aliphatic rings. The Morgan fingerprint density at radius 3 is 2.60 bits per heavy atom. The SMILES string of the molecule is CN(C)c1ccccc1CS(=O)c1nccn1-c1ncccc1[O-].[Na+]. The van der Waals surface area contributed by atoms with E-state index in [0.29, 0.717) is 10.9 Å². The van der Waals surface area contributed by atoms with Crippen molar-refractivity contribution in [2.45, 2.75) is 10.9 Å². The van der Waals surface area contributed by atoms with Gasteiger partial charge < -0.3 is 10.0 Å². The van der Waals surface area contributed by atoms with Crippen molar-refractivity contribution in [3.63, 3.8) is 0 Å². The van der Waals surface area contributed by atoms with Crippen molar-refractivity contribution in [2.75, 3.05) is 19.0 Å². The molecular weight excluding hydrogens is 347 g/mol. The van der Waals surface area contributed by atoms with Gasteiger partial charge in [-0.05, 0) is 17.7 Å². The monoisotopic (exact) mass is 364 g/mol. The number of hydrogen-bond donors (Lipinski definition) is 0. The zero-order valence-corrected chi connectivity index (χ0v) is 17.2. The van der Waals surface area contributed by atoms with E-state index in [1.165, 1.54) is 23.0 Å². The van der Waals surface area contributed by atoms with Gasteiger partial charge in [0.1, 0.15) is 5.82 Å². The minimum Gasteiger partial charge on any atom is -0.870 e. The van der Waals surface area contributed by atoms with E-state index in [1.807, 2.05) is 43.3 Å². The molecule has 0 N–H and O–H groups in total.